The van der Waals surface area contributed by atoms with Gasteiger partial charge in [0.05, 0.1) is 4.90 Å². The van der Waals surface area contributed by atoms with E-state index >= 15 is 0 Å². The predicted octanol–water partition coefficient (Wildman–Crippen LogP) is 3.18. The zero-order valence-electron chi connectivity index (χ0n) is 12.9. The van der Waals surface area contributed by atoms with Crippen LogP contribution < -0.4 is 5.32 Å². The molecule has 0 aromatic heterocycles. The van der Waals surface area contributed by atoms with Crippen molar-refractivity contribution in [1.82, 2.24) is 4.31 Å². The predicted molar refractivity (Wildman–Crippen MR) is 84.5 cm³/mol. The summed E-state index contributed by atoms with van der Waals surface area (Å²) in [6.45, 7) is 5.39. The molecule has 0 saturated heterocycles. The first-order chi connectivity index (χ1) is 9.34. The first kappa shape index (κ1) is 17.0. The van der Waals surface area contributed by atoms with E-state index in [1.54, 1.807) is 12.1 Å². The van der Waals surface area contributed by atoms with Gasteiger partial charge in [-0.25, -0.2) is 12.7 Å². The standard InChI is InChI=1S/C15H26N2O2S/c1-13(2)7-5-6-12-16-14-8-10-15(11-9-14)20(18,19)17(3)4/h8-11,13,16H,5-7,12H2,1-4H3. The Bertz CT molecular complexity index is 493. The first-order valence-electron chi connectivity index (χ1n) is 7.10. The number of anilines is 1. The van der Waals surface area contributed by atoms with Crippen LogP contribution in [-0.2, 0) is 10.0 Å². The fourth-order valence-corrected chi connectivity index (χ4v) is 2.77. The molecule has 0 saturated carbocycles. The van der Waals surface area contributed by atoms with E-state index in [0.717, 1.165) is 24.6 Å². The van der Waals surface area contributed by atoms with Crippen LogP contribution in [0.15, 0.2) is 29.2 Å². The van der Waals surface area contributed by atoms with Gasteiger partial charge in [0.15, 0.2) is 0 Å². The Labute approximate surface area is 123 Å². The smallest absolute Gasteiger partial charge is 0.242 e. The minimum atomic E-state index is -3.33. The van der Waals surface area contributed by atoms with E-state index in [1.807, 2.05) is 12.1 Å². The Morgan fingerprint density at radius 1 is 1.10 bits per heavy atom. The number of hydrogen-bond acceptors (Lipinski definition) is 3. The van der Waals surface area contributed by atoms with E-state index in [4.69, 9.17) is 0 Å². The van der Waals surface area contributed by atoms with Gasteiger partial charge in [-0.1, -0.05) is 26.7 Å². The second kappa shape index (κ2) is 7.64. The van der Waals surface area contributed by atoms with Crippen LogP contribution in [0.25, 0.3) is 0 Å². The molecular weight excluding hydrogens is 272 g/mol. The van der Waals surface area contributed by atoms with Gasteiger partial charge in [-0.05, 0) is 36.6 Å². The molecule has 4 nitrogen and oxygen atoms in total. The molecule has 0 spiro atoms. The van der Waals surface area contributed by atoms with Crippen molar-refractivity contribution in [3.8, 4) is 0 Å². The molecule has 0 amide bonds. The topological polar surface area (TPSA) is 49.4 Å². The average Bonchev–Trinajstić information content (AvgIpc) is 2.38. The molecule has 20 heavy (non-hydrogen) atoms. The van der Waals surface area contributed by atoms with Crippen molar-refractivity contribution in [2.75, 3.05) is 26.0 Å². The molecule has 0 aliphatic heterocycles. The lowest BCUT2D eigenvalue weighted by molar-refractivity contribution is 0.521. The fourth-order valence-electron chi connectivity index (χ4n) is 1.87. The fraction of sp³-hybridized carbons (Fsp3) is 0.600. The molecule has 0 radical (unpaired) electrons. The van der Waals surface area contributed by atoms with Gasteiger partial charge >= 0.3 is 0 Å². The molecule has 0 aliphatic carbocycles. The van der Waals surface area contributed by atoms with E-state index in [9.17, 15) is 8.42 Å². The highest BCUT2D eigenvalue weighted by molar-refractivity contribution is 7.89. The Morgan fingerprint density at radius 3 is 2.20 bits per heavy atom. The third-order valence-corrected chi connectivity index (χ3v) is 5.00. The van der Waals surface area contributed by atoms with E-state index < -0.39 is 10.0 Å². The van der Waals surface area contributed by atoms with Crippen LogP contribution in [0.2, 0.25) is 0 Å². The largest absolute Gasteiger partial charge is 0.385 e. The molecule has 1 N–H and O–H groups in total. The van der Waals surface area contributed by atoms with E-state index in [-0.39, 0.29) is 0 Å². The highest BCUT2D eigenvalue weighted by Gasteiger charge is 2.16. The summed E-state index contributed by atoms with van der Waals surface area (Å²) in [5, 5.41) is 3.32. The Hall–Kier alpha value is -1.07. The van der Waals surface area contributed by atoms with Gasteiger partial charge in [-0.2, -0.15) is 0 Å². The van der Waals surface area contributed by atoms with Crippen molar-refractivity contribution in [2.24, 2.45) is 5.92 Å². The van der Waals surface area contributed by atoms with Gasteiger partial charge in [0, 0.05) is 26.3 Å². The summed E-state index contributed by atoms with van der Waals surface area (Å²) in [6.07, 6.45) is 3.61. The molecule has 1 rings (SSSR count). The number of nitrogens with zero attached hydrogens (tertiary/aromatic N) is 1. The minimum absolute atomic E-state index is 0.327. The highest BCUT2D eigenvalue weighted by Crippen LogP contribution is 2.16. The first-order valence-corrected chi connectivity index (χ1v) is 8.54. The molecule has 0 bridgehead atoms. The second-order valence-electron chi connectivity index (χ2n) is 5.63. The minimum Gasteiger partial charge on any atom is -0.385 e. The lowest BCUT2D eigenvalue weighted by Crippen LogP contribution is -2.22. The Morgan fingerprint density at radius 2 is 1.70 bits per heavy atom. The summed E-state index contributed by atoms with van der Waals surface area (Å²) >= 11 is 0. The van der Waals surface area contributed by atoms with Crippen LogP contribution in [0, 0.1) is 5.92 Å². The highest BCUT2D eigenvalue weighted by atomic mass is 32.2. The zero-order valence-corrected chi connectivity index (χ0v) is 13.7. The quantitative estimate of drug-likeness (QED) is 0.750. The summed E-state index contributed by atoms with van der Waals surface area (Å²) in [7, 11) is -0.251. The maximum atomic E-state index is 11.9. The van der Waals surface area contributed by atoms with E-state index in [1.165, 1.54) is 31.2 Å². The van der Waals surface area contributed by atoms with E-state index in [0.29, 0.717) is 4.90 Å². The van der Waals surface area contributed by atoms with Crippen molar-refractivity contribution >= 4 is 15.7 Å². The van der Waals surface area contributed by atoms with Crippen LogP contribution >= 0.6 is 0 Å². The van der Waals surface area contributed by atoms with Crippen LogP contribution in [0.1, 0.15) is 33.1 Å². The van der Waals surface area contributed by atoms with Crippen LogP contribution in [0.4, 0.5) is 5.69 Å². The molecule has 5 heteroatoms. The summed E-state index contributed by atoms with van der Waals surface area (Å²) < 4.78 is 25.0. The Kier molecular flexibility index (Phi) is 6.49. The lowest BCUT2D eigenvalue weighted by atomic mass is 10.1. The molecule has 1 aromatic carbocycles. The van der Waals surface area contributed by atoms with Crippen molar-refractivity contribution in [3.63, 3.8) is 0 Å². The average molecular weight is 298 g/mol. The molecule has 0 fully saturated rings. The van der Waals surface area contributed by atoms with Gasteiger partial charge < -0.3 is 5.32 Å². The number of unbranched alkanes of at least 4 members (excludes halogenated alkanes) is 1. The molecule has 0 heterocycles. The zero-order chi connectivity index (χ0) is 15.2. The maximum Gasteiger partial charge on any atom is 0.242 e. The number of sulfonamides is 1. The SMILES string of the molecule is CC(C)CCCCNc1ccc(S(=O)(=O)N(C)C)cc1. The van der Waals surface area contributed by atoms with E-state index in [2.05, 4.69) is 19.2 Å². The molecule has 0 unspecified atom stereocenters. The summed E-state index contributed by atoms with van der Waals surface area (Å²) in [4.78, 5) is 0.327. The van der Waals surface area contributed by atoms with Gasteiger partial charge in [-0.3, -0.25) is 0 Å². The second-order valence-corrected chi connectivity index (χ2v) is 7.78. The summed E-state index contributed by atoms with van der Waals surface area (Å²) in [6, 6.07) is 6.93. The molecule has 114 valence electrons. The van der Waals surface area contributed by atoms with Crippen LogP contribution in [0.3, 0.4) is 0 Å². The molecule has 0 atom stereocenters. The number of rotatable bonds is 8. The van der Waals surface area contributed by atoms with Crippen molar-refractivity contribution < 1.29 is 8.42 Å². The summed E-state index contributed by atoms with van der Waals surface area (Å²) in [5.74, 6) is 0.755. The van der Waals surface area contributed by atoms with Gasteiger partial charge in [0.25, 0.3) is 0 Å². The normalized spacial score (nSPS) is 12.1. The lowest BCUT2D eigenvalue weighted by Gasteiger charge is -2.12. The number of benzene rings is 1. The van der Waals surface area contributed by atoms with Crippen LogP contribution in [0.5, 0.6) is 0 Å². The van der Waals surface area contributed by atoms with Crippen molar-refractivity contribution in [2.45, 2.75) is 38.0 Å². The monoisotopic (exact) mass is 298 g/mol. The van der Waals surface area contributed by atoms with Gasteiger partial charge in [-0.15, -0.1) is 0 Å². The summed E-state index contributed by atoms with van der Waals surface area (Å²) in [5.41, 5.74) is 0.965. The number of nitrogens with one attached hydrogen (secondary N) is 1. The van der Waals surface area contributed by atoms with Gasteiger partial charge in [0.1, 0.15) is 0 Å². The molecular formula is C15H26N2O2S. The number of hydrogen-bond donors (Lipinski definition) is 1. The van der Waals surface area contributed by atoms with Crippen molar-refractivity contribution in [1.29, 1.82) is 0 Å². The van der Waals surface area contributed by atoms with Crippen LogP contribution in [-0.4, -0.2) is 33.4 Å². The molecule has 0 aliphatic rings. The Balaban J connectivity index is 2.48. The van der Waals surface area contributed by atoms with Gasteiger partial charge in [0.2, 0.25) is 10.0 Å². The van der Waals surface area contributed by atoms with Crippen molar-refractivity contribution in [3.05, 3.63) is 24.3 Å². The third kappa shape index (κ3) is 5.13. The third-order valence-electron chi connectivity index (χ3n) is 3.17. The maximum absolute atomic E-state index is 11.9. The molecule has 1 aromatic rings.